The molecule has 0 aliphatic rings. The van der Waals surface area contributed by atoms with Crippen LogP contribution in [0.1, 0.15) is 13.3 Å². The molecule has 116 valence electrons. The third-order valence-electron chi connectivity index (χ3n) is 3.02. The molecule has 0 saturated carbocycles. The number of nitrogens with one attached hydrogen (secondary N) is 1. The number of ether oxygens (including phenoxy) is 1. The first-order chi connectivity index (χ1) is 9.92. The van der Waals surface area contributed by atoms with Crippen LogP contribution in [0.15, 0.2) is 24.3 Å². The van der Waals surface area contributed by atoms with Gasteiger partial charge in [0.15, 0.2) is 0 Å². The van der Waals surface area contributed by atoms with E-state index in [1.54, 1.807) is 13.0 Å². The molecule has 1 atom stereocenters. The first kappa shape index (κ1) is 17.1. The Kier molecular flexibility index (Phi) is 6.81. The number of esters is 1. The molecule has 5 nitrogen and oxygen atoms in total. The molecule has 1 aromatic rings. The molecule has 1 rings (SSSR count). The topological polar surface area (TPSA) is 58.6 Å². The Morgan fingerprint density at radius 2 is 2.14 bits per heavy atom. The number of nitrogens with zero attached hydrogens (tertiary/aromatic N) is 1. The van der Waals surface area contributed by atoms with Crippen molar-refractivity contribution in [3.8, 4) is 0 Å². The van der Waals surface area contributed by atoms with Gasteiger partial charge in [0.05, 0.1) is 13.0 Å². The quantitative estimate of drug-likeness (QED) is 0.781. The number of benzene rings is 1. The monoisotopic (exact) mass is 296 g/mol. The molecule has 0 aliphatic carbocycles. The van der Waals surface area contributed by atoms with E-state index in [0.29, 0.717) is 18.8 Å². The second-order valence-corrected chi connectivity index (χ2v) is 4.99. The number of anilines is 1. The fraction of sp³-hybridized carbons (Fsp3) is 0.467. The molecule has 0 spiro atoms. The van der Waals surface area contributed by atoms with E-state index >= 15 is 0 Å². The molecule has 0 aromatic heterocycles. The van der Waals surface area contributed by atoms with Gasteiger partial charge >= 0.3 is 5.97 Å². The number of hydrogen-bond donors (Lipinski definition) is 1. The summed E-state index contributed by atoms with van der Waals surface area (Å²) in [5.41, 5.74) is 0.436. The first-order valence-electron chi connectivity index (χ1n) is 6.74. The molecular weight excluding hydrogens is 275 g/mol. The standard InChI is InChI=1S/C15H21FN2O3/c1-11(15(20)21-3)10-18(2)8-7-14(19)17-13-6-4-5-12(16)9-13/h4-6,9,11H,7-8,10H2,1-3H3,(H,17,19). The Bertz CT molecular complexity index is 494. The van der Waals surface area contributed by atoms with Crippen molar-refractivity contribution in [3.63, 3.8) is 0 Å². The van der Waals surface area contributed by atoms with Crippen molar-refractivity contribution < 1.29 is 18.7 Å². The highest BCUT2D eigenvalue weighted by molar-refractivity contribution is 5.90. The van der Waals surface area contributed by atoms with Gasteiger partial charge in [-0.3, -0.25) is 9.59 Å². The minimum Gasteiger partial charge on any atom is -0.469 e. The van der Waals surface area contributed by atoms with E-state index in [2.05, 4.69) is 10.1 Å². The van der Waals surface area contributed by atoms with Crippen molar-refractivity contribution in [2.75, 3.05) is 32.6 Å². The van der Waals surface area contributed by atoms with Crippen molar-refractivity contribution in [2.24, 2.45) is 5.92 Å². The van der Waals surface area contributed by atoms with E-state index in [-0.39, 0.29) is 24.2 Å². The van der Waals surface area contributed by atoms with Crippen LogP contribution in [0.4, 0.5) is 10.1 Å². The van der Waals surface area contributed by atoms with E-state index in [0.717, 1.165) is 0 Å². The highest BCUT2D eigenvalue weighted by Crippen LogP contribution is 2.09. The Hall–Kier alpha value is -1.95. The lowest BCUT2D eigenvalue weighted by Gasteiger charge is -2.19. The second kappa shape index (κ2) is 8.36. The molecular formula is C15H21FN2O3. The van der Waals surface area contributed by atoms with E-state index in [1.807, 2.05) is 11.9 Å². The van der Waals surface area contributed by atoms with Gasteiger partial charge < -0.3 is 15.0 Å². The Morgan fingerprint density at radius 1 is 1.43 bits per heavy atom. The Balaban J connectivity index is 2.34. The highest BCUT2D eigenvalue weighted by atomic mass is 19.1. The van der Waals surface area contributed by atoms with E-state index in [9.17, 15) is 14.0 Å². The molecule has 6 heteroatoms. The summed E-state index contributed by atoms with van der Waals surface area (Å²) < 4.78 is 17.6. The summed E-state index contributed by atoms with van der Waals surface area (Å²) in [4.78, 5) is 24.9. The average Bonchev–Trinajstić information content (AvgIpc) is 2.44. The maximum absolute atomic E-state index is 13.0. The molecule has 0 aliphatic heterocycles. The van der Waals surface area contributed by atoms with Crippen molar-refractivity contribution in [1.29, 1.82) is 0 Å². The highest BCUT2D eigenvalue weighted by Gasteiger charge is 2.15. The summed E-state index contributed by atoms with van der Waals surface area (Å²) >= 11 is 0. The van der Waals surface area contributed by atoms with Crippen molar-refractivity contribution in [2.45, 2.75) is 13.3 Å². The van der Waals surface area contributed by atoms with Gasteiger partial charge in [0, 0.05) is 25.2 Å². The van der Waals surface area contributed by atoms with Crippen LogP contribution in [0.3, 0.4) is 0 Å². The van der Waals surface area contributed by atoms with Crippen molar-refractivity contribution in [1.82, 2.24) is 4.90 Å². The number of methoxy groups -OCH3 is 1. The molecule has 0 bridgehead atoms. The van der Waals surface area contributed by atoms with E-state index in [1.165, 1.54) is 25.3 Å². The zero-order chi connectivity index (χ0) is 15.8. The predicted octanol–water partition coefficient (Wildman–Crippen LogP) is 1.90. The second-order valence-electron chi connectivity index (χ2n) is 4.99. The number of carbonyl (C=O) groups excluding carboxylic acids is 2. The molecule has 0 radical (unpaired) electrons. The van der Waals surface area contributed by atoms with Crippen LogP contribution in [0, 0.1) is 11.7 Å². The fourth-order valence-corrected chi connectivity index (χ4v) is 1.92. The number of halogens is 1. The van der Waals surface area contributed by atoms with Gasteiger partial charge in [-0.15, -0.1) is 0 Å². The largest absolute Gasteiger partial charge is 0.469 e. The number of carbonyl (C=O) groups is 2. The summed E-state index contributed by atoms with van der Waals surface area (Å²) in [5.74, 6) is -1.10. The molecule has 1 N–H and O–H groups in total. The van der Waals surface area contributed by atoms with Gasteiger partial charge in [-0.05, 0) is 25.2 Å². The minimum atomic E-state index is -0.392. The Morgan fingerprint density at radius 3 is 2.76 bits per heavy atom. The summed E-state index contributed by atoms with van der Waals surface area (Å²) in [5, 5.41) is 2.63. The number of hydrogen-bond acceptors (Lipinski definition) is 4. The maximum Gasteiger partial charge on any atom is 0.309 e. The molecule has 1 aromatic carbocycles. The SMILES string of the molecule is COC(=O)C(C)CN(C)CCC(=O)Nc1cccc(F)c1. The third kappa shape index (κ3) is 6.35. The van der Waals surface area contributed by atoms with Crippen LogP contribution in [0.5, 0.6) is 0 Å². The number of amides is 1. The molecule has 0 saturated heterocycles. The lowest BCUT2D eigenvalue weighted by atomic mass is 10.1. The summed E-state index contributed by atoms with van der Waals surface area (Å²) in [7, 11) is 3.18. The summed E-state index contributed by atoms with van der Waals surface area (Å²) in [6.45, 7) is 2.79. The van der Waals surface area contributed by atoms with Crippen LogP contribution >= 0.6 is 0 Å². The fourth-order valence-electron chi connectivity index (χ4n) is 1.92. The van der Waals surface area contributed by atoms with Gasteiger partial charge in [-0.25, -0.2) is 4.39 Å². The van der Waals surface area contributed by atoms with Crippen molar-refractivity contribution >= 4 is 17.6 Å². The zero-order valence-corrected chi connectivity index (χ0v) is 12.6. The Labute approximate surface area is 124 Å². The molecule has 21 heavy (non-hydrogen) atoms. The van der Waals surface area contributed by atoms with Gasteiger partial charge in [-0.1, -0.05) is 13.0 Å². The average molecular weight is 296 g/mol. The first-order valence-corrected chi connectivity index (χ1v) is 6.74. The van der Waals surface area contributed by atoms with E-state index in [4.69, 9.17) is 0 Å². The van der Waals surface area contributed by atoms with Crippen LogP contribution in [-0.2, 0) is 14.3 Å². The smallest absolute Gasteiger partial charge is 0.309 e. The van der Waals surface area contributed by atoms with Gasteiger partial charge in [0.2, 0.25) is 5.91 Å². The van der Waals surface area contributed by atoms with Crippen LogP contribution in [0.25, 0.3) is 0 Å². The van der Waals surface area contributed by atoms with Crippen LogP contribution in [0.2, 0.25) is 0 Å². The van der Waals surface area contributed by atoms with Crippen molar-refractivity contribution in [3.05, 3.63) is 30.1 Å². The maximum atomic E-state index is 13.0. The number of rotatable bonds is 7. The van der Waals surface area contributed by atoms with Gasteiger partial charge in [0.1, 0.15) is 5.82 Å². The van der Waals surface area contributed by atoms with E-state index < -0.39 is 5.82 Å². The molecule has 0 heterocycles. The normalized spacial score (nSPS) is 12.0. The van der Waals surface area contributed by atoms with Crippen LogP contribution < -0.4 is 5.32 Å². The van der Waals surface area contributed by atoms with Crippen LogP contribution in [-0.4, -0.2) is 44.0 Å². The molecule has 1 amide bonds. The summed E-state index contributed by atoms with van der Waals surface area (Å²) in [6.07, 6.45) is 0.265. The molecule has 1 unspecified atom stereocenters. The van der Waals surface area contributed by atoms with Gasteiger partial charge in [-0.2, -0.15) is 0 Å². The predicted molar refractivity (Wildman–Crippen MR) is 78.3 cm³/mol. The minimum absolute atomic E-state index is 0.196. The van der Waals surface area contributed by atoms with Gasteiger partial charge in [0.25, 0.3) is 0 Å². The molecule has 0 fully saturated rings. The lowest BCUT2D eigenvalue weighted by molar-refractivity contribution is -0.145. The summed E-state index contributed by atoms with van der Waals surface area (Å²) in [6, 6.07) is 5.75. The lowest BCUT2D eigenvalue weighted by Crippen LogP contribution is -2.31. The zero-order valence-electron chi connectivity index (χ0n) is 12.6. The third-order valence-corrected chi connectivity index (χ3v) is 3.02.